The van der Waals surface area contributed by atoms with Crippen LogP contribution in [0.5, 0.6) is 5.75 Å². The monoisotopic (exact) mass is 394 g/mol. The molecular weight excluding hydrogens is 368 g/mol. The molecule has 0 aromatic carbocycles. The first-order valence-corrected chi connectivity index (χ1v) is 9.74. The van der Waals surface area contributed by atoms with Crippen molar-refractivity contribution in [3.63, 3.8) is 0 Å². The fourth-order valence-corrected chi connectivity index (χ4v) is 3.59. The lowest BCUT2D eigenvalue weighted by Crippen LogP contribution is -2.54. The number of nitrogens with two attached hydrogens (primary N) is 2. The van der Waals surface area contributed by atoms with E-state index in [1.165, 1.54) is 17.8 Å². The Labute approximate surface area is 162 Å². The number of hydrogen-bond acceptors (Lipinski definition) is 8. The first kappa shape index (κ1) is 21.2. The Kier molecular flexibility index (Phi) is 7.23. The summed E-state index contributed by atoms with van der Waals surface area (Å²) in [5.41, 5.74) is 10.0. The van der Waals surface area contributed by atoms with E-state index >= 15 is 0 Å². The summed E-state index contributed by atoms with van der Waals surface area (Å²) in [5.74, 6) is 0.528. The van der Waals surface area contributed by atoms with Gasteiger partial charge in [0.1, 0.15) is 18.1 Å². The standard InChI is InChI=1S/C18H26N4O4S/c1-4-6-13(14-8-12(25-7-5-2)9-15(23)26-14)21-17(24)18(20)10-27-16(22-18)11(3)19/h5,8-9,11,13H,2,4,6-7,10,19-20H2,1,3H3,(H,21,24)/t11?,13-,18+/m1/s1. The second-order valence-corrected chi connectivity index (χ2v) is 7.38. The topological polar surface area (TPSA) is 133 Å². The number of amides is 1. The van der Waals surface area contributed by atoms with E-state index in [-0.39, 0.29) is 12.6 Å². The van der Waals surface area contributed by atoms with E-state index in [4.69, 9.17) is 20.6 Å². The van der Waals surface area contributed by atoms with Gasteiger partial charge in [0.05, 0.1) is 23.2 Å². The van der Waals surface area contributed by atoms with Crippen molar-refractivity contribution in [3.05, 3.63) is 41.0 Å². The minimum absolute atomic E-state index is 0.256. The highest BCUT2D eigenvalue weighted by molar-refractivity contribution is 8.14. The van der Waals surface area contributed by atoms with Gasteiger partial charge in [0.25, 0.3) is 5.91 Å². The number of rotatable bonds is 9. The Morgan fingerprint density at radius 2 is 2.33 bits per heavy atom. The van der Waals surface area contributed by atoms with Crippen molar-refractivity contribution >= 4 is 22.7 Å². The summed E-state index contributed by atoms with van der Waals surface area (Å²) in [4.78, 5) is 28.9. The van der Waals surface area contributed by atoms with Crippen molar-refractivity contribution in [2.24, 2.45) is 16.5 Å². The van der Waals surface area contributed by atoms with Crippen LogP contribution < -0.4 is 27.1 Å². The molecule has 0 spiro atoms. The summed E-state index contributed by atoms with van der Waals surface area (Å²) < 4.78 is 10.7. The van der Waals surface area contributed by atoms with Gasteiger partial charge in [0, 0.05) is 11.8 Å². The molecule has 2 rings (SSSR count). The molecular formula is C18H26N4O4S. The van der Waals surface area contributed by atoms with Crippen LogP contribution in [-0.2, 0) is 4.79 Å². The molecule has 1 aliphatic heterocycles. The fraction of sp³-hybridized carbons (Fsp3) is 0.500. The summed E-state index contributed by atoms with van der Waals surface area (Å²) in [5, 5.41) is 3.50. The van der Waals surface area contributed by atoms with E-state index in [1.54, 1.807) is 19.1 Å². The fourth-order valence-electron chi connectivity index (χ4n) is 2.54. The summed E-state index contributed by atoms with van der Waals surface area (Å²) in [6, 6.07) is 2.03. The zero-order valence-electron chi connectivity index (χ0n) is 15.6. The Hall–Kier alpha value is -2.10. The summed E-state index contributed by atoms with van der Waals surface area (Å²) in [6.45, 7) is 7.58. The van der Waals surface area contributed by atoms with E-state index < -0.39 is 23.2 Å². The third kappa shape index (κ3) is 5.44. The van der Waals surface area contributed by atoms with Crippen molar-refractivity contribution in [3.8, 4) is 5.75 Å². The van der Waals surface area contributed by atoms with Crippen molar-refractivity contribution in [1.29, 1.82) is 0 Å². The number of carbonyl (C=O) groups excluding carboxylic acids is 1. The maximum atomic E-state index is 12.8. The highest BCUT2D eigenvalue weighted by atomic mass is 32.2. The van der Waals surface area contributed by atoms with Crippen LogP contribution in [0, 0.1) is 0 Å². The molecule has 2 heterocycles. The Morgan fingerprint density at radius 3 is 2.93 bits per heavy atom. The molecule has 148 valence electrons. The van der Waals surface area contributed by atoms with Gasteiger partial charge in [-0.25, -0.2) is 9.79 Å². The molecule has 0 radical (unpaired) electrons. The third-order valence-corrected chi connectivity index (χ3v) is 5.23. The quantitative estimate of drug-likeness (QED) is 0.538. The number of nitrogens with one attached hydrogen (secondary N) is 1. The first-order chi connectivity index (χ1) is 12.8. The second kappa shape index (κ2) is 9.20. The van der Waals surface area contributed by atoms with Crippen LogP contribution in [0.4, 0.5) is 0 Å². The maximum absolute atomic E-state index is 12.8. The summed E-state index contributed by atoms with van der Waals surface area (Å²) in [7, 11) is 0. The van der Waals surface area contributed by atoms with Gasteiger partial charge in [-0.3, -0.25) is 10.5 Å². The van der Waals surface area contributed by atoms with Gasteiger partial charge in [0.2, 0.25) is 0 Å². The van der Waals surface area contributed by atoms with E-state index in [1.807, 2.05) is 6.92 Å². The lowest BCUT2D eigenvalue weighted by Gasteiger charge is -2.24. The molecule has 1 unspecified atom stereocenters. The molecule has 8 nitrogen and oxygen atoms in total. The van der Waals surface area contributed by atoms with Crippen LogP contribution >= 0.6 is 11.8 Å². The van der Waals surface area contributed by atoms with Gasteiger partial charge < -0.3 is 20.2 Å². The largest absolute Gasteiger partial charge is 0.489 e. The van der Waals surface area contributed by atoms with Gasteiger partial charge in [-0.2, -0.15) is 0 Å². The van der Waals surface area contributed by atoms with E-state index in [0.29, 0.717) is 28.7 Å². The van der Waals surface area contributed by atoms with Crippen LogP contribution in [0.2, 0.25) is 0 Å². The molecule has 0 aliphatic carbocycles. The van der Waals surface area contributed by atoms with Crippen molar-refractivity contribution in [2.75, 3.05) is 12.4 Å². The molecule has 1 aliphatic rings. The third-order valence-electron chi connectivity index (χ3n) is 3.89. The summed E-state index contributed by atoms with van der Waals surface area (Å²) >= 11 is 1.37. The number of hydrogen-bond donors (Lipinski definition) is 3. The van der Waals surface area contributed by atoms with Gasteiger partial charge in [-0.15, -0.1) is 11.8 Å². The molecule has 0 bridgehead atoms. The SMILES string of the molecule is C=CCOc1cc([C@@H](CCC)NC(=O)[C@]2(N)CSC(C(C)N)=N2)oc(=O)c1. The molecule has 3 atom stereocenters. The minimum atomic E-state index is -1.39. The van der Waals surface area contributed by atoms with Crippen molar-refractivity contribution < 1.29 is 13.9 Å². The number of aliphatic imine (C=N–C) groups is 1. The molecule has 0 fully saturated rings. The van der Waals surface area contributed by atoms with Crippen LogP contribution in [0.3, 0.4) is 0 Å². The van der Waals surface area contributed by atoms with Gasteiger partial charge in [0.15, 0.2) is 5.66 Å². The predicted octanol–water partition coefficient (Wildman–Crippen LogP) is 1.31. The molecule has 27 heavy (non-hydrogen) atoms. The molecule has 9 heteroatoms. The highest BCUT2D eigenvalue weighted by Crippen LogP contribution is 2.27. The molecule has 0 saturated carbocycles. The smallest absolute Gasteiger partial charge is 0.339 e. The van der Waals surface area contributed by atoms with Gasteiger partial charge in [-0.05, 0) is 13.3 Å². The van der Waals surface area contributed by atoms with Crippen LogP contribution in [0.1, 0.15) is 38.5 Å². The molecule has 1 amide bonds. The van der Waals surface area contributed by atoms with Crippen molar-refractivity contribution in [1.82, 2.24) is 5.32 Å². The van der Waals surface area contributed by atoms with E-state index in [0.717, 1.165) is 6.42 Å². The molecule has 1 aromatic rings. The number of thioether (sulfide) groups is 1. The zero-order valence-corrected chi connectivity index (χ0v) is 16.4. The highest BCUT2D eigenvalue weighted by Gasteiger charge is 2.40. The summed E-state index contributed by atoms with van der Waals surface area (Å²) in [6.07, 6.45) is 2.89. The maximum Gasteiger partial charge on any atom is 0.339 e. The average molecular weight is 394 g/mol. The minimum Gasteiger partial charge on any atom is -0.489 e. The van der Waals surface area contributed by atoms with Crippen LogP contribution in [-0.4, -0.2) is 35.0 Å². The lowest BCUT2D eigenvalue weighted by atomic mass is 10.1. The second-order valence-electron chi connectivity index (χ2n) is 6.38. The lowest BCUT2D eigenvalue weighted by molar-refractivity contribution is -0.126. The Bertz CT molecular complexity index is 777. The normalized spacial score (nSPS) is 21.3. The van der Waals surface area contributed by atoms with Gasteiger partial charge in [-0.1, -0.05) is 26.0 Å². The Morgan fingerprint density at radius 1 is 1.59 bits per heavy atom. The molecule has 1 aromatic heterocycles. The van der Waals surface area contributed by atoms with Crippen molar-refractivity contribution in [2.45, 2.75) is 44.4 Å². The predicted molar refractivity (Wildman–Crippen MR) is 107 cm³/mol. The average Bonchev–Trinajstić information content (AvgIpc) is 3.03. The number of carbonyl (C=O) groups is 1. The zero-order chi connectivity index (χ0) is 20.0. The van der Waals surface area contributed by atoms with Crippen LogP contribution in [0.15, 0.2) is 39.0 Å². The van der Waals surface area contributed by atoms with E-state index in [9.17, 15) is 9.59 Å². The first-order valence-electron chi connectivity index (χ1n) is 8.75. The molecule has 5 N–H and O–H groups in total. The van der Waals surface area contributed by atoms with Gasteiger partial charge >= 0.3 is 5.63 Å². The van der Waals surface area contributed by atoms with Crippen LogP contribution in [0.25, 0.3) is 0 Å². The molecule has 0 saturated heterocycles. The Balaban J connectivity index is 2.23. The number of nitrogens with zero attached hydrogens (tertiary/aromatic N) is 1. The number of ether oxygens (including phenoxy) is 1. The van der Waals surface area contributed by atoms with E-state index in [2.05, 4.69) is 16.9 Å².